The molecule has 1 aliphatic carbocycles. The zero-order chi connectivity index (χ0) is 37.3. The molecule has 3 saturated heterocycles. The first-order valence-corrected chi connectivity index (χ1v) is 19.5. The smallest absolute Gasteiger partial charge is 0.263 e. The van der Waals surface area contributed by atoms with Gasteiger partial charge in [0, 0.05) is 81.2 Å². The summed E-state index contributed by atoms with van der Waals surface area (Å²) in [7, 11) is 0. The maximum Gasteiger partial charge on any atom is 0.263 e. The van der Waals surface area contributed by atoms with Crippen LogP contribution in [0.2, 0.25) is 0 Å². The number of Topliss-reactive ketones (excluding diaryl/α,β-unsaturated/α-hetero) is 1. The molecule has 3 aliphatic heterocycles. The molecule has 13 nitrogen and oxygen atoms in total. The summed E-state index contributed by atoms with van der Waals surface area (Å²) >= 11 is 0. The van der Waals surface area contributed by atoms with Crippen LogP contribution in [0, 0.1) is 6.92 Å². The standard InChI is InChI=1S/C41H49N9O4/c1-26-34-23-43-41(46-38(34)50(31-6-3-4-7-31)40(54)37(26)27(2)51)44-35-15-9-28(22-42-35)24-47-17-5-8-32(25-47)49-20-18-48(19-21-49)30-12-10-29(11-13-30)33-14-16-36(52)45-39(33)53/h9-13,15,22-23,31-33H,3-8,14,16-21,24-25H2,1-2H3,(H,45,52,53)(H,42,43,44,46). The molecule has 4 aromatic rings. The van der Waals surface area contributed by atoms with Crippen molar-refractivity contribution in [3.8, 4) is 0 Å². The molecule has 2 atom stereocenters. The molecule has 282 valence electrons. The van der Waals surface area contributed by atoms with E-state index in [4.69, 9.17) is 9.97 Å². The molecule has 1 saturated carbocycles. The highest BCUT2D eigenvalue weighted by Gasteiger charge is 2.31. The van der Waals surface area contributed by atoms with E-state index in [0.717, 1.165) is 88.0 Å². The summed E-state index contributed by atoms with van der Waals surface area (Å²) in [6.07, 6.45) is 10.8. The van der Waals surface area contributed by atoms with Crippen molar-refractivity contribution in [2.45, 2.75) is 89.8 Å². The van der Waals surface area contributed by atoms with Crippen molar-refractivity contribution >= 4 is 46.1 Å². The average Bonchev–Trinajstić information content (AvgIpc) is 3.70. The lowest BCUT2D eigenvalue weighted by Crippen LogP contribution is -2.55. The number of fused-ring (bicyclic) bond motifs is 1. The molecule has 3 aromatic heterocycles. The van der Waals surface area contributed by atoms with Crippen LogP contribution in [0.15, 0.2) is 53.6 Å². The molecule has 2 amide bonds. The maximum atomic E-state index is 13.6. The number of nitrogens with one attached hydrogen (secondary N) is 2. The first-order chi connectivity index (χ1) is 26.2. The van der Waals surface area contributed by atoms with Gasteiger partial charge >= 0.3 is 0 Å². The number of hydrogen-bond acceptors (Lipinski definition) is 11. The molecule has 6 heterocycles. The number of piperidine rings is 2. The highest BCUT2D eigenvalue weighted by Crippen LogP contribution is 2.32. The van der Waals surface area contributed by atoms with E-state index in [1.165, 1.54) is 25.5 Å². The van der Waals surface area contributed by atoms with Gasteiger partial charge in [-0.25, -0.2) is 9.97 Å². The average molecular weight is 732 g/mol. The molecule has 0 bridgehead atoms. The third-order valence-electron chi connectivity index (χ3n) is 11.9. The Morgan fingerprint density at radius 2 is 1.63 bits per heavy atom. The lowest BCUT2D eigenvalue weighted by molar-refractivity contribution is -0.134. The van der Waals surface area contributed by atoms with Crippen LogP contribution in [0.4, 0.5) is 17.5 Å². The van der Waals surface area contributed by atoms with Gasteiger partial charge in [-0.2, -0.15) is 4.98 Å². The van der Waals surface area contributed by atoms with Crippen molar-refractivity contribution in [2.75, 3.05) is 49.5 Å². The molecule has 4 aliphatic rings. The van der Waals surface area contributed by atoms with Crippen molar-refractivity contribution in [3.63, 3.8) is 0 Å². The zero-order valence-corrected chi connectivity index (χ0v) is 31.2. The summed E-state index contributed by atoms with van der Waals surface area (Å²) in [5, 5.41) is 6.43. The molecular formula is C41H49N9O4. The van der Waals surface area contributed by atoms with Crippen molar-refractivity contribution in [1.82, 2.24) is 34.6 Å². The number of carbonyl (C=O) groups excluding carboxylic acids is 3. The summed E-state index contributed by atoms with van der Waals surface area (Å²) in [5.41, 5.74) is 4.45. The van der Waals surface area contributed by atoms with E-state index in [2.05, 4.69) is 48.5 Å². The number of piperazine rings is 1. The number of anilines is 3. The molecule has 4 fully saturated rings. The second kappa shape index (κ2) is 15.4. The SMILES string of the molecule is CC(=O)c1c(C)c2cnc(Nc3ccc(CN4CCCC(N5CCN(c6ccc(C7CCC(=O)NC7=O)cc6)CC5)C4)cn3)nc2n(C2CCCC2)c1=O. The van der Waals surface area contributed by atoms with E-state index in [1.54, 1.807) is 17.7 Å². The highest BCUT2D eigenvalue weighted by molar-refractivity contribution is 6.01. The van der Waals surface area contributed by atoms with Crippen LogP contribution in [0.1, 0.15) is 97.3 Å². The third-order valence-corrected chi connectivity index (χ3v) is 11.9. The number of hydrogen-bond donors (Lipinski definition) is 2. The fourth-order valence-corrected chi connectivity index (χ4v) is 9.02. The first kappa shape index (κ1) is 36.0. The number of amides is 2. The summed E-state index contributed by atoms with van der Waals surface area (Å²) in [6.45, 7) is 10.1. The number of likely N-dealkylation sites (tertiary alicyclic amines) is 1. The summed E-state index contributed by atoms with van der Waals surface area (Å²) in [6, 6.07) is 12.9. The predicted molar refractivity (Wildman–Crippen MR) is 207 cm³/mol. The van der Waals surface area contributed by atoms with Gasteiger partial charge in [0.05, 0.1) is 11.5 Å². The Hall–Kier alpha value is -5.01. The number of pyridine rings is 2. The van der Waals surface area contributed by atoms with Gasteiger partial charge in [-0.3, -0.25) is 38.9 Å². The number of rotatable bonds is 9. The quantitative estimate of drug-likeness (QED) is 0.180. The topological polar surface area (TPSA) is 146 Å². The van der Waals surface area contributed by atoms with Crippen LogP contribution in [0.25, 0.3) is 11.0 Å². The van der Waals surface area contributed by atoms with Gasteiger partial charge in [0.15, 0.2) is 5.78 Å². The number of aryl methyl sites for hydroxylation is 1. The minimum Gasteiger partial charge on any atom is -0.369 e. The number of aromatic nitrogens is 4. The van der Waals surface area contributed by atoms with E-state index in [1.807, 2.05) is 24.4 Å². The summed E-state index contributed by atoms with van der Waals surface area (Å²) < 4.78 is 1.73. The predicted octanol–water partition coefficient (Wildman–Crippen LogP) is 4.86. The number of imide groups is 1. The minimum atomic E-state index is -0.260. The molecule has 0 spiro atoms. The Morgan fingerprint density at radius 1 is 0.870 bits per heavy atom. The van der Waals surface area contributed by atoms with Crippen LogP contribution >= 0.6 is 0 Å². The maximum absolute atomic E-state index is 13.6. The van der Waals surface area contributed by atoms with Gasteiger partial charge in [-0.1, -0.05) is 31.0 Å². The molecule has 2 N–H and O–H groups in total. The van der Waals surface area contributed by atoms with Gasteiger partial charge in [0.1, 0.15) is 11.5 Å². The molecular weight excluding hydrogens is 683 g/mol. The Bertz CT molecular complexity index is 2100. The molecule has 0 radical (unpaired) electrons. The molecule has 13 heteroatoms. The normalized spacial score (nSPS) is 21.8. The third kappa shape index (κ3) is 7.39. The Balaban J connectivity index is 0.865. The number of ketones is 1. The lowest BCUT2D eigenvalue weighted by Gasteiger charge is -2.44. The van der Waals surface area contributed by atoms with Crippen LogP contribution in [0.3, 0.4) is 0 Å². The number of carbonyl (C=O) groups is 3. The molecule has 2 unspecified atom stereocenters. The Labute approximate surface area is 315 Å². The monoisotopic (exact) mass is 731 g/mol. The minimum absolute atomic E-state index is 0.0240. The highest BCUT2D eigenvalue weighted by atomic mass is 16.2. The second-order valence-corrected chi connectivity index (χ2v) is 15.4. The van der Waals surface area contributed by atoms with E-state index >= 15 is 0 Å². The van der Waals surface area contributed by atoms with Crippen molar-refractivity contribution in [2.24, 2.45) is 0 Å². The van der Waals surface area contributed by atoms with Crippen LogP contribution < -0.4 is 21.1 Å². The number of nitrogens with zero attached hydrogens (tertiary/aromatic N) is 7. The zero-order valence-electron chi connectivity index (χ0n) is 31.2. The Kier molecular flexibility index (Phi) is 10.3. The first-order valence-electron chi connectivity index (χ1n) is 19.5. The van der Waals surface area contributed by atoms with Gasteiger partial charge in [0.25, 0.3) is 5.56 Å². The molecule has 1 aromatic carbocycles. The largest absolute Gasteiger partial charge is 0.369 e. The van der Waals surface area contributed by atoms with Crippen molar-refractivity contribution < 1.29 is 14.4 Å². The van der Waals surface area contributed by atoms with Crippen LogP contribution in [0.5, 0.6) is 0 Å². The summed E-state index contributed by atoms with van der Waals surface area (Å²) in [5.74, 6) is 0.136. The fraction of sp³-hybridized carbons (Fsp3) is 0.488. The summed E-state index contributed by atoms with van der Waals surface area (Å²) in [4.78, 5) is 71.5. The number of benzene rings is 1. The van der Waals surface area contributed by atoms with Gasteiger partial charge in [-0.05, 0) is 87.4 Å². The molecule has 8 rings (SSSR count). The second-order valence-electron chi connectivity index (χ2n) is 15.4. The van der Waals surface area contributed by atoms with E-state index in [-0.39, 0.29) is 40.7 Å². The van der Waals surface area contributed by atoms with Crippen molar-refractivity contribution in [1.29, 1.82) is 0 Å². The fourth-order valence-electron chi connectivity index (χ4n) is 9.02. The Morgan fingerprint density at radius 3 is 2.33 bits per heavy atom. The van der Waals surface area contributed by atoms with E-state index in [9.17, 15) is 19.2 Å². The van der Waals surface area contributed by atoms with E-state index in [0.29, 0.717) is 41.9 Å². The van der Waals surface area contributed by atoms with Crippen LogP contribution in [-0.2, 0) is 16.1 Å². The lowest BCUT2D eigenvalue weighted by atomic mass is 9.90. The van der Waals surface area contributed by atoms with Crippen LogP contribution in [-0.4, -0.2) is 92.2 Å². The van der Waals surface area contributed by atoms with E-state index < -0.39 is 0 Å². The van der Waals surface area contributed by atoms with Gasteiger partial charge < -0.3 is 10.2 Å². The van der Waals surface area contributed by atoms with Gasteiger partial charge in [-0.15, -0.1) is 0 Å². The molecule has 54 heavy (non-hydrogen) atoms. The van der Waals surface area contributed by atoms with Gasteiger partial charge in [0.2, 0.25) is 17.8 Å². The van der Waals surface area contributed by atoms with Crippen molar-refractivity contribution in [3.05, 3.63) is 81.4 Å².